The molecule has 0 aliphatic rings. The molecule has 5 heteroatoms. The Morgan fingerprint density at radius 1 is 1.10 bits per heavy atom. The number of benzene rings is 2. The van der Waals surface area contributed by atoms with E-state index in [4.69, 9.17) is 32.7 Å². The van der Waals surface area contributed by atoms with Gasteiger partial charge in [-0.15, -0.1) is 0 Å². The Morgan fingerprint density at radius 3 is 2.45 bits per heavy atom. The van der Waals surface area contributed by atoms with Crippen molar-refractivity contribution < 1.29 is 14.3 Å². The molecule has 0 saturated heterocycles. The quantitative estimate of drug-likeness (QED) is 0.624. The monoisotopic (exact) mass is 310 g/mol. The summed E-state index contributed by atoms with van der Waals surface area (Å²) in [6.07, 6.45) is 0. The Kier molecular flexibility index (Phi) is 4.88. The van der Waals surface area contributed by atoms with Crippen LogP contribution in [0.2, 0.25) is 10.0 Å². The van der Waals surface area contributed by atoms with Crippen molar-refractivity contribution in [3.8, 4) is 11.5 Å². The molecule has 2 aromatic carbocycles. The summed E-state index contributed by atoms with van der Waals surface area (Å²) >= 11 is 11.7. The molecule has 0 unspecified atom stereocenters. The van der Waals surface area contributed by atoms with Crippen molar-refractivity contribution in [2.45, 2.75) is 6.92 Å². The van der Waals surface area contributed by atoms with Crippen LogP contribution in [0, 0.1) is 6.92 Å². The second-order valence-corrected chi connectivity index (χ2v) is 4.99. The van der Waals surface area contributed by atoms with E-state index in [0.717, 1.165) is 5.56 Å². The predicted octanol–water partition coefficient (Wildman–Crippen LogP) is 4.29. The fourth-order valence-electron chi connectivity index (χ4n) is 1.49. The maximum absolute atomic E-state index is 11.7. The molecule has 104 valence electrons. The van der Waals surface area contributed by atoms with Crippen LogP contribution in [0.4, 0.5) is 0 Å². The molecule has 0 aromatic heterocycles. The Morgan fingerprint density at radius 2 is 1.80 bits per heavy atom. The van der Waals surface area contributed by atoms with Crippen molar-refractivity contribution in [1.29, 1.82) is 0 Å². The second kappa shape index (κ2) is 6.64. The minimum atomic E-state index is -0.533. The van der Waals surface area contributed by atoms with Crippen LogP contribution in [0.1, 0.15) is 5.56 Å². The molecule has 0 N–H and O–H groups in total. The van der Waals surface area contributed by atoms with Crippen molar-refractivity contribution in [2.75, 3.05) is 6.61 Å². The summed E-state index contributed by atoms with van der Waals surface area (Å²) in [7, 11) is 0. The van der Waals surface area contributed by atoms with Crippen LogP contribution < -0.4 is 9.47 Å². The van der Waals surface area contributed by atoms with Gasteiger partial charge in [0.15, 0.2) is 6.61 Å². The largest absolute Gasteiger partial charge is 0.482 e. The van der Waals surface area contributed by atoms with Gasteiger partial charge in [0.1, 0.15) is 11.5 Å². The normalized spacial score (nSPS) is 10.2. The second-order valence-electron chi connectivity index (χ2n) is 4.15. The summed E-state index contributed by atoms with van der Waals surface area (Å²) < 4.78 is 10.4. The summed E-state index contributed by atoms with van der Waals surface area (Å²) in [5.74, 6) is 0.332. The minimum absolute atomic E-state index is 0.192. The lowest BCUT2D eigenvalue weighted by molar-refractivity contribution is -0.136. The van der Waals surface area contributed by atoms with Gasteiger partial charge in [-0.05, 0) is 37.3 Å². The first-order valence-electron chi connectivity index (χ1n) is 5.90. The Hall–Kier alpha value is -1.71. The first-order valence-corrected chi connectivity index (χ1v) is 6.65. The predicted molar refractivity (Wildman–Crippen MR) is 78.8 cm³/mol. The third-order valence-electron chi connectivity index (χ3n) is 2.50. The fourth-order valence-corrected chi connectivity index (χ4v) is 1.93. The van der Waals surface area contributed by atoms with Crippen LogP contribution in [0.5, 0.6) is 11.5 Å². The third-order valence-corrected chi connectivity index (χ3v) is 3.03. The summed E-state index contributed by atoms with van der Waals surface area (Å²) in [4.78, 5) is 11.7. The number of ether oxygens (including phenoxy) is 2. The molecule has 0 fully saturated rings. The van der Waals surface area contributed by atoms with Crippen molar-refractivity contribution in [3.05, 3.63) is 58.1 Å². The van der Waals surface area contributed by atoms with E-state index < -0.39 is 5.97 Å². The standard InChI is InChI=1S/C15H12Cl2O3/c1-10-2-5-12(6-3-10)19-9-15(18)20-14-7-4-11(16)8-13(14)17/h2-8H,9H2,1H3. The molecule has 0 aliphatic carbocycles. The SMILES string of the molecule is Cc1ccc(OCC(=O)Oc2ccc(Cl)cc2Cl)cc1. The van der Waals surface area contributed by atoms with Crippen LogP contribution in [0.3, 0.4) is 0 Å². The van der Waals surface area contributed by atoms with E-state index in [0.29, 0.717) is 10.8 Å². The van der Waals surface area contributed by atoms with Crippen molar-refractivity contribution in [1.82, 2.24) is 0 Å². The van der Waals surface area contributed by atoms with Crippen LogP contribution in [0.15, 0.2) is 42.5 Å². The van der Waals surface area contributed by atoms with Gasteiger partial charge in [0.2, 0.25) is 0 Å². The number of hydrogen-bond acceptors (Lipinski definition) is 3. The van der Waals surface area contributed by atoms with E-state index in [1.165, 1.54) is 12.1 Å². The van der Waals surface area contributed by atoms with Gasteiger partial charge < -0.3 is 9.47 Å². The van der Waals surface area contributed by atoms with E-state index in [1.54, 1.807) is 18.2 Å². The van der Waals surface area contributed by atoms with Gasteiger partial charge in [0, 0.05) is 5.02 Å². The highest BCUT2D eigenvalue weighted by Gasteiger charge is 2.09. The highest BCUT2D eigenvalue weighted by atomic mass is 35.5. The van der Waals surface area contributed by atoms with E-state index in [2.05, 4.69) is 0 Å². The number of halogens is 2. The van der Waals surface area contributed by atoms with Crippen molar-refractivity contribution in [2.24, 2.45) is 0 Å². The zero-order chi connectivity index (χ0) is 14.5. The zero-order valence-corrected chi connectivity index (χ0v) is 12.2. The van der Waals surface area contributed by atoms with Crippen LogP contribution in [-0.2, 0) is 4.79 Å². The number of rotatable bonds is 4. The summed E-state index contributed by atoms with van der Waals surface area (Å²) in [6.45, 7) is 1.78. The van der Waals surface area contributed by atoms with E-state index in [9.17, 15) is 4.79 Å². The number of carbonyl (C=O) groups is 1. The lowest BCUT2D eigenvalue weighted by atomic mass is 10.2. The average Bonchev–Trinajstić information content (AvgIpc) is 2.41. The zero-order valence-electron chi connectivity index (χ0n) is 10.7. The van der Waals surface area contributed by atoms with Crippen LogP contribution in [-0.4, -0.2) is 12.6 Å². The third kappa shape index (κ3) is 4.15. The van der Waals surface area contributed by atoms with Gasteiger partial charge in [-0.2, -0.15) is 0 Å². The maximum atomic E-state index is 11.7. The Bertz CT molecular complexity index is 609. The lowest BCUT2D eigenvalue weighted by Gasteiger charge is -2.08. The lowest BCUT2D eigenvalue weighted by Crippen LogP contribution is -2.17. The van der Waals surface area contributed by atoms with Crippen molar-refractivity contribution >= 4 is 29.2 Å². The fraction of sp³-hybridized carbons (Fsp3) is 0.133. The molecule has 0 amide bonds. The Balaban J connectivity index is 1.90. The highest BCUT2D eigenvalue weighted by molar-refractivity contribution is 6.35. The van der Waals surface area contributed by atoms with Gasteiger partial charge in [0.05, 0.1) is 5.02 Å². The molecule has 0 spiro atoms. The molecular weight excluding hydrogens is 299 g/mol. The molecule has 0 radical (unpaired) electrons. The first-order chi connectivity index (χ1) is 9.54. The molecular formula is C15H12Cl2O3. The summed E-state index contributed by atoms with van der Waals surface area (Å²) in [6, 6.07) is 12.0. The van der Waals surface area contributed by atoms with Gasteiger partial charge >= 0.3 is 5.97 Å². The Labute approximate surface area is 127 Å². The highest BCUT2D eigenvalue weighted by Crippen LogP contribution is 2.27. The minimum Gasteiger partial charge on any atom is -0.482 e. The first kappa shape index (κ1) is 14.7. The van der Waals surface area contributed by atoms with E-state index in [1.807, 2.05) is 19.1 Å². The topological polar surface area (TPSA) is 35.5 Å². The number of aryl methyl sites for hydroxylation is 1. The molecule has 0 atom stereocenters. The van der Waals surface area contributed by atoms with Crippen molar-refractivity contribution in [3.63, 3.8) is 0 Å². The molecule has 3 nitrogen and oxygen atoms in total. The molecule has 0 saturated carbocycles. The number of hydrogen-bond donors (Lipinski definition) is 0. The molecule has 20 heavy (non-hydrogen) atoms. The molecule has 0 aliphatic heterocycles. The van der Waals surface area contributed by atoms with Gasteiger partial charge in [0.25, 0.3) is 0 Å². The molecule has 0 bridgehead atoms. The summed E-state index contributed by atoms with van der Waals surface area (Å²) in [5.41, 5.74) is 1.12. The van der Waals surface area contributed by atoms with Crippen LogP contribution >= 0.6 is 23.2 Å². The molecule has 0 heterocycles. The van der Waals surface area contributed by atoms with Gasteiger partial charge in [-0.1, -0.05) is 40.9 Å². The van der Waals surface area contributed by atoms with Crippen LogP contribution in [0.25, 0.3) is 0 Å². The van der Waals surface area contributed by atoms with E-state index >= 15 is 0 Å². The smallest absolute Gasteiger partial charge is 0.349 e. The number of esters is 1. The van der Waals surface area contributed by atoms with Gasteiger partial charge in [-0.25, -0.2) is 4.79 Å². The maximum Gasteiger partial charge on any atom is 0.349 e. The average molecular weight is 311 g/mol. The van der Waals surface area contributed by atoms with Gasteiger partial charge in [-0.3, -0.25) is 0 Å². The van der Waals surface area contributed by atoms with E-state index in [-0.39, 0.29) is 17.4 Å². The molecule has 2 rings (SSSR count). The summed E-state index contributed by atoms with van der Waals surface area (Å²) in [5, 5.41) is 0.756. The molecule has 2 aromatic rings. The number of carbonyl (C=O) groups excluding carboxylic acids is 1.